The Morgan fingerprint density at radius 1 is 1.12 bits per heavy atom. The van der Waals surface area contributed by atoms with Crippen LogP contribution in [0.1, 0.15) is 26.6 Å². The highest BCUT2D eigenvalue weighted by Gasteiger charge is 2.20. The minimum Gasteiger partial charge on any atom is -0.345 e. The van der Waals surface area contributed by atoms with Crippen molar-refractivity contribution in [3.05, 3.63) is 70.8 Å². The molecule has 25 heavy (non-hydrogen) atoms. The zero-order valence-electron chi connectivity index (χ0n) is 13.9. The normalized spacial score (nSPS) is 11.1. The zero-order chi connectivity index (χ0) is 17.4. The van der Waals surface area contributed by atoms with Crippen molar-refractivity contribution in [1.29, 1.82) is 0 Å². The lowest BCUT2D eigenvalue weighted by molar-refractivity contribution is 0.0949. The Hall–Kier alpha value is -2.93. The molecule has 0 saturated heterocycles. The highest BCUT2D eigenvalue weighted by molar-refractivity contribution is 7.15. The molecule has 0 aliphatic heterocycles. The molecular weight excluding hydrogens is 334 g/mol. The maximum absolute atomic E-state index is 12.9. The molecular formula is C18H17N5OS. The summed E-state index contributed by atoms with van der Waals surface area (Å²) in [6.45, 7) is 4.35. The minimum absolute atomic E-state index is 0.0989. The second-order valence-corrected chi connectivity index (χ2v) is 6.98. The predicted octanol–water partition coefficient (Wildman–Crippen LogP) is 3.13. The van der Waals surface area contributed by atoms with Gasteiger partial charge in [0.05, 0.1) is 12.1 Å². The van der Waals surface area contributed by atoms with Crippen LogP contribution in [0.15, 0.2) is 48.9 Å². The second-order valence-electron chi connectivity index (χ2n) is 5.78. The summed E-state index contributed by atoms with van der Waals surface area (Å²) in [5.41, 5.74) is 2.49. The lowest BCUT2D eigenvalue weighted by atomic mass is 10.1. The Balaban J connectivity index is 1.62. The van der Waals surface area contributed by atoms with Crippen LogP contribution in [0.4, 0.5) is 0 Å². The summed E-state index contributed by atoms with van der Waals surface area (Å²) < 4.78 is 3.85. The molecule has 4 rings (SSSR count). The number of nitrogens with one attached hydrogen (secondary N) is 1. The van der Waals surface area contributed by atoms with E-state index in [9.17, 15) is 4.79 Å². The molecule has 1 amide bonds. The topological polar surface area (TPSA) is 64.2 Å². The largest absolute Gasteiger partial charge is 0.345 e. The van der Waals surface area contributed by atoms with Gasteiger partial charge in [-0.3, -0.25) is 9.20 Å². The molecule has 1 N–H and O–H groups in total. The van der Waals surface area contributed by atoms with Crippen molar-refractivity contribution in [2.45, 2.75) is 20.4 Å². The third-order valence-corrected chi connectivity index (χ3v) is 5.44. The van der Waals surface area contributed by atoms with E-state index >= 15 is 0 Å². The average molecular weight is 351 g/mol. The van der Waals surface area contributed by atoms with E-state index in [1.54, 1.807) is 11.3 Å². The number of hydrogen-bond acceptors (Lipinski definition) is 4. The first-order chi connectivity index (χ1) is 12.1. The van der Waals surface area contributed by atoms with Gasteiger partial charge in [0.15, 0.2) is 11.5 Å². The summed E-state index contributed by atoms with van der Waals surface area (Å²) in [6, 6.07) is 9.61. The van der Waals surface area contributed by atoms with Crippen LogP contribution >= 0.6 is 11.3 Å². The van der Waals surface area contributed by atoms with Crippen LogP contribution in [0.5, 0.6) is 0 Å². The van der Waals surface area contributed by atoms with Crippen molar-refractivity contribution >= 4 is 22.9 Å². The fourth-order valence-corrected chi connectivity index (χ4v) is 3.91. The Morgan fingerprint density at radius 2 is 1.88 bits per heavy atom. The molecule has 0 aliphatic rings. The van der Waals surface area contributed by atoms with Crippen LogP contribution < -0.4 is 5.32 Å². The fraction of sp³-hybridized carbons (Fsp3) is 0.167. The van der Waals surface area contributed by atoms with Gasteiger partial charge in [0.1, 0.15) is 5.00 Å². The summed E-state index contributed by atoms with van der Waals surface area (Å²) in [7, 11) is 0. The zero-order valence-corrected chi connectivity index (χ0v) is 14.7. The van der Waals surface area contributed by atoms with E-state index in [4.69, 9.17) is 0 Å². The number of thiophene rings is 1. The third kappa shape index (κ3) is 2.72. The van der Waals surface area contributed by atoms with E-state index in [-0.39, 0.29) is 5.91 Å². The van der Waals surface area contributed by atoms with Crippen molar-refractivity contribution in [3.63, 3.8) is 0 Å². The van der Waals surface area contributed by atoms with Gasteiger partial charge in [-0.2, -0.15) is 0 Å². The number of fused-ring (bicyclic) bond motifs is 1. The summed E-state index contributed by atoms with van der Waals surface area (Å²) in [6.07, 6.45) is 5.79. The summed E-state index contributed by atoms with van der Waals surface area (Å²) in [5.74, 6) is 0.606. The van der Waals surface area contributed by atoms with Gasteiger partial charge in [0.2, 0.25) is 0 Å². The number of amides is 1. The van der Waals surface area contributed by atoms with Crippen LogP contribution in [-0.2, 0) is 6.54 Å². The number of carbonyl (C=O) groups is 1. The number of pyridine rings is 1. The van der Waals surface area contributed by atoms with Gasteiger partial charge < -0.3 is 9.88 Å². The molecule has 7 heteroatoms. The molecule has 0 spiro atoms. The van der Waals surface area contributed by atoms with Crippen molar-refractivity contribution in [2.24, 2.45) is 0 Å². The maximum Gasteiger partial charge on any atom is 0.254 e. The molecule has 0 unspecified atom stereocenters. The molecule has 0 saturated carbocycles. The molecule has 4 heterocycles. The van der Waals surface area contributed by atoms with Crippen LogP contribution in [0.2, 0.25) is 0 Å². The van der Waals surface area contributed by atoms with E-state index < -0.39 is 0 Å². The van der Waals surface area contributed by atoms with Crippen molar-refractivity contribution in [3.8, 4) is 5.00 Å². The first kappa shape index (κ1) is 15.6. The molecule has 0 atom stereocenters. The molecule has 4 aromatic heterocycles. The Morgan fingerprint density at radius 3 is 2.68 bits per heavy atom. The first-order valence-corrected chi connectivity index (χ1v) is 8.77. The molecule has 4 aromatic rings. The monoisotopic (exact) mass is 351 g/mol. The Kier molecular flexibility index (Phi) is 3.85. The fourth-order valence-electron chi connectivity index (χ4n) is 2.79. The van der Waals surface area contributed by atoms with Gasteiger partial charge in [-0.05, 0) is 43.7 Å². The third-order valence-electron chi connectivity index (χ3n) is 4.22. The number of aromatic nitrogens is 4. The minimum atomic E-state index is -0.0989. The van der Waals surface area contributed by atoms with Crippen LogP contribution in [0, 0.1) is 13.8 Å². The first-order valence-electron chi connectivity index (χ1n) is 7.95. The van der Waals surface area contributed by atoms with Gasteiger partial charge in [-0.1, -0.05) is 6.07 Å². The predicted molar refractivity (Wildman–Crippen MR) is 97.3 cm³/mol. The molecule has 0 bridgehead atoms. The van der Waals surface area contributed by atoms with Gasteiger partial charge >= 0.3 is 0 Å². The van der Waals surface area contributed by atoms with Crippen LogP contribution in [-0.4, -0.2) is 25.1 Å². The van der Waals surface area contributed by atoms with E-state index in [0.29, 0.717) is 17.9 Å². The van der Waals surface area contributed by atoms with Gasteiger partial charge in [-0.15, -0.1) is 21.5 Å². The molecule has 0 fully saturated rings. The number of hydrogen-bond donors (Lipinski definition) is 1. The number of carbonyl (C=O) groups excluding carboxylic acids is 1. The lowest BCUT2D eigenvalue weighted by Gasteiger charge is -2.08. The van der Waals surface area contributed by atoms with Gasteiger partial charge in [-0.25, -0.2) is 0 Å². The van der Waals surface area contributed by atoms with Crippen molar-refractivity contribution in [1.82, 2.24) is 24.5 Å². The number of aryl methyl sites for hydroxylation is 1. The SMILES string of the molecule is Cc1sc(-n2cccc2)c(C(=O)NCc2nnc3ccccn23)c1C. The summed E-state index contributed by atoms with van der Waals surface area (Å²) in [4.78, 5) is 14.0. The smallest absolute Gasteiger partial charge is 0.254 e. The highest BCUT2D eigenvalue weighted by atomic mass is 32.1. The lowest BCUT2D eigenvalue weighted by Crippen LogP contribution is -2.25. The molecule has 0 radical (unpaired) electrons. The maximum atomic E-state index is 12.9. The standard InChI is InChI=1S/C18H17N5OS/c1-12-13(2)25-18(22-8-5-6-9-22)16(12)17(24)19-11-15-21-20-14-7-3-4-10-23(14)15/h3-10H,11H2,1-2H3,(H,19,24). The van der Waals surface area contributed by atoms with Crippen LogP contribution in [0.25, 0.3) is 10.6 Å². The van der Waals surface area contributed by atoms with Crippen molar-refractivity contribution in [2.75, 3.05) is 0 Å². The average Bonchev–Trinajstić information content (AvgIpc) is 3.33. The van der Waals surface area contributed by atoms with Crippen LogP contribution in [0.3, 0.4) is 0 Å². The van der Waals surface area contributed by atoms with Gasteiger partial charge in [0.25, 0.3) is 5.91 Å². The number of nitrogens with zero attached hydrogens (tertiary/aromatic N) is 4. The van der Waals surface area contributed by atoms with E-state index in [0.717, 1.165) is 21.1 Å². The van der Waals surface area contributed by atoms with E-state index in [1.807, 2.05) is 71.7 Å². The molecule has 6 nitrogen and oxygen atoms in total. The van der Waals surface area contributed by atoms with Gasteiger partial charge in [0, 0.05) is 23.5 Å². The second kappa shape index (κ2) is 6.18. The molecule has 0 aliphatic carbocycles. The van der Waals surface area contributed by atoms with E-state index in [2.05, 4.69) is 15.5 Å². The summed E-state index contributed by atoms with van der Waals surface area (Å²) >= 11 is 1.62. The molecule has 126 valence electrons. The Bertz CT molecular complexity index is 1040. The highest BCUT2D eigenvalue weighted by Crippen LogP contribution is 2.30. The quantitative estimate of drug-likeness (QED) is 0.614. The number of rotatable bonds is 4. The van der Waals surface area contributed by atoms with E-state index in [1.165, 1.54) is 0 Å². The van der Waals surface area contributed by atoms with Crippen molar-refractivity contribution < 1.29 is 4.79 Å². The summed E-state index contributed by atoms with van der Waals surface area (Å²) in [5, 5.41) is 12.2. The molecule has 0 aromatic carbocycles. The Labute approximate surface area is 148 Å².